The van der Waals surface area contributed by atoms with E-state index in [0.29, 0.717) is 6.42 Å². The number of sulfonamides is 2. The Balaban J connectivity index is 1.95. The molecule has 0 bridgehead atoms. The van der Waals surface area contributed by atoms with Crippen LogP contribution >= 0.6 is 0 Å². The third-order valence-corrected chi connectivity index (χ3v) is 7.40. The van der Waals surface area contributed by atoms with Crippen LogP contribution < -0.4 is 36.3 Å². The number of alkyl halides is 1. The number of fused-ring (bicyclic) bond motifs is 2. The molecule has 0 fully saturated rings. The lowest BCUT2D eigenvalue weighted by atomic mass is 10.1. The van der Waals surface area contributed by atoms with Crippen molar-refractivity contribution < 1.29 is 21.2 Å². The lowest BCUT2D eigenvalue weighted by Crippen LogP contribution is -2.60. The summed E-state index contributed by atoms with van der Waals surface area (Å²) < 4.78 is 70.0. The molecular weight excluding hydrogens is 489 g/mol. The van der Waals surface area contributed by atoms with E-state index in [-0.39, 0.29) is 46.4 Å². The van der Waals surface area contributed by atoms with E-state index >= 15 is 0 Å². The van der Waals surface area contributed by atoms with Gasteiger partial charge < -0.3 is 5.32 Å². The summed E-state index contributed by atoms with van der Waals surface area (Å²) in [5.74, 6) is -0.116. The lowest BCUT2D eigenvalue weighted by Gasteiger charge is -2.23. The molecule has 1 aromatic carbocycles. The largest absolute Gasteiger partial charge is 0.339 e. The molecule has 11 nitrogen and oxygen atoms in total. The maximum absolute atomic E-state index is 14.1. The highest BCUT2D eigenvalue weighted by molar-refractivity contribution is 7.92. The Hall–Kier alpha value is -3.13. The maximum Gasteiger partial charge on any atom is 0.280 e. The van der Waals surface area contributed by atoms with Gasteiger partial charge in [-0.15, -0.1) is 0 Å². The Bertz CT molecular complexity index is 1640. The van der Waals surface area contributed by atoms with Crippen LogP contribution in [0.4, 0.5) is 15.8 Å². The first-order chi connectivity index (χ1) is 15.8. The number of hydrogen-bond acceptors (Lipinski definition) is 7. The molecule has 0 saturated heterocycles. The fraction of sp³-hybridized carbons (Fsp3) is 0.400. The van der Waals surface area contributed by atoms with Crippen LogP contribution in [0.1, 0.15) is 20.3 Å². The van der Waals surface area contributed by atoms with Gasteiger partial charge in [0.05, 0.1) is 18.5 Å². The molecule has 0 aliphatic carbocycles. The van der Waals surface area contributed by atoms with Crippen LogP contribution in [-0.4, -0.2) is 38.6 Å². The van der Waals surface area contributed by atoms with Gasteiger partial charge in [-0.2, -0.15) is 0 Å². The van der Waals surface area contributed by atoms with Gasteiger partial charge in [-0.3, -0.25) is 23.7 Å². The fourth-order valence-corrected chi connectivity index (χ4v) is 5.65. The number of aromatic nitrogens is 2. The molecule has 2 aromatic rings. The van der Waals surface area contributed by atoms with Gasteiger partial charge in [-0.25, -0.2) is 25.9 Å². The molecule has 4 rings (SSSR count). The van der Waals surface area contributed by atoms with Crippen molar-refractivity contribution in [2.24, 2.45) is 5.92 Å². The summed E-state index contributed by atoms with van der Waals surface area (Å²) >= 11 is 0. The molecule has 3 N–H and O–H groups in total. The molecule has 184 valence electrons. The van der Waals surface area contributed by atoms with Crippen molar-refractivity contribution in [2.45, 2.75) is 44.4 Å². The van der Waals surface area contributed by atoms with E-state index in [1.54, 1.807) is 0 Å². The second-order valence-electron chi connectivity index (χ2n) is 8.66. The van der Waals surface area contributed by atoms with E-state index in [1.165, 1.54) is 21.5 Å². The van der Waals surface area contributed by atoms with Gasteiger partial charge in [0, 0.05) is 12.2 Å². The second kappa shape index (κ2) is 8.27. The Morgan fingerprint density at radius 2 is 1.97 bits per heavy atom. The molecule has 1 atom stereocenters. The molecule has 0 radical (unpaired) electrons. The van der Waals surface area contributed by atoms with Crippen molar-refractivity contribution in [3.05, 3.63) is 49.3 Å². The number of benzene rings is 1. The highest BCUT2D eigenvalue weighted by Gasteiger charge is 2.29. The first kappa shape index (κ1) is 24.0. The molecule has 14 heteroatoms. The van der Waals surface area contributed by atoms with Crippen LogP contribution in [0.25, 0.3) is 11.9 Å². The monoisotopic (exact) mass is 513 g/mol. The van der Waals surface area contributed by atoms with E-state index in [1.807, 2.05) is 13.8 Å². The maximum atomic E-state index is 14.1. The number of nitrogens with one attached hydrogen (secondary N) is 3. The van der Waals surface area contributed by atoms with Crippen molar-refractivity contribution in [1.29, 1.82) is 0 Å². The Kier molecular flexibility index (Phi) is 5.84. The Labute approximate surface area is 194 Å². The number of nitrogens with zero attached hydrogens (tertiary/aromatic N) is 2. The third kappa shape index (κ3) is 4.46. The summed E-state index contributed by atoms with van der Waals surface area (Å²) in [6.45, 7) is 3.96. The van der Waals surface area contributed by atoms with Crippen molar-refractivity contribution in [1.82, 2.24) is 14.1 Å². The summed E-state index contributed by atoms with van der Waals surface area (Å²) in [7, 11) is -7.92. The minimum atomic E-state index is -4.28. The van der Waals surface area contributed by atoms with E-state index in [4.69, 9.17) is 0 Å². The van der Waals surface area contributed by atoms with Gasteiger partial charge in [0.2, 0.25) is 15.5 Å². The number of halogens is 1. The standard InChI is InChI=1S/C20H24FN5O6S2/c1-11(2)6-7-25-20(28)17(18(27)15-8-12(21)10-26(15)25)19-22-14-5-4-13(23-33(3,29)30)9-16(14)34(31,32)24-19/h4-5,8-9,11-12,22-24H,6-7,10H2,1-3H3. The molecule has 3 heterocycles. The third-order valence-electron chi connectivity index (χ3n) is 5.40. The quantitative estimate of drug-likeness (QED) is 0.466. The van der Waals surface area contributed by atoms with Crippen LogP contribution in [0.15, 0.2) is 32.7 Å². The van der Waals surface area contributed by atoms with Gasteiger partial charge in [-0.05, 0) is 36.6 Å². The van der Waals surface area contributed by atoms with Gasteiger partial charge in [-0.1, -0.05) is 13.8 Å². The zero-order chi connectivity index (χ0) is 25.0. The van der Waals surface area contributed by atoms with E-state index in [9.17, 15) is 30.8 Å². The lowest BCUT2D eigenvalue weighted by molar-refractivity contribution is 0.321. The van der Waals surface area contributed by atoms with Crippen LogP contribution in [-0.2, 0) is 33.1 Å². The summed E-state index contributed by atoms with van der Waals surface area (Å²) in [6, 6.07) is 3.76. The minimum Gasteiger partial charge on any atom is -0.339 e. The smallest absolute Gasteiger partial charge is 0.280 e. The van der Waals surface area contributed by atoms with Gasteiger partial charge >= 0.3 is 0 Å². The molecular formula is C20H24FN5O6S2. The number of anilines is 2. The molecule has 34 heavy (non-hydrogen) atoms. The Morgan fingerprint density at radius 3 is 2.62 bits per heavy atom. The SMILES string of the molecule is CC(C)CCn1c(=O)c(=C2Nc3ccc(NS(C)(=O)=O)cc3S(=O)(=O)N2)c(=O)c2n1CC(F)C=2. The first-order valence-corrected chi connectivity index (χ1v) is 13.8. The molecule has 0 amide bonds. The van der Waals surface area contributed by atoms with Crippen LogP contribution in [0.3, 0.4) is 0 Å². The van der Waals surface area contributed by atoms with Crippen molar-refractivity contribution in [2.75, 3.05) is 16.3 Å². The second-order valence-corrected chi connectivity index (χ2v) is 12.1. The number of rotatable bonds is 5. The topological polar surface area (TPSA) is 148 Å². The molecule has 0 spiro atoms. The molecule has 0 saturated carbocycles. The summed E-state index contributed by atoms with van der Waals surface area (Å²) in [5, 5.41) is 2.27. The van der Waals surface area contributed by atoms with Crippen LogP contribution in [0.5, 0.6) is 0 Å². The zero-order valence-corrected chi connectivity index (χ0v) is 20.3. The van der Waals surface area contributed by atoms with Crippen LogP contribution in [0, 0.1) is 5.92 Å². The average Bonchev–Trinajstić information content (AvgIpc) is 3.08. The average molecular weight is 514 g/mol. The van der Waals surface area contributed by atoms with Crippen molar-refractivity contribution in [3.63, 3.8) is 0 Å². The van der Waals surface area contributed by atoms with Crippen LogP contribution in [0.2, 0.25) is 0 Å². The predicted octanol–water partition coefficient (Wildman–Crippen LogP) is -0.970. The van der Waals surface area contributed by atoms with Gasteiger partial charge in [0.15, 0.2) is 0 Å². The van der Waals surface area contributed by atoms with E-state index in [2.05, 4.69) is 14.8 Å². The minimum absolute atomic E-state index is 0.0231. The number of hydrogen-bond donors (Lipinski definition) is 3. The summed E-state index contributed by atoms with van der Waals surface area (Å²) in [6.07, 6.45) is 1.18. The van der Waals surface area contributed by atoms with E-state index < -0.39 is 42.4 Å². The molecule has 2 aliphatic heterocycles. The van der Waals surface area contributed by atoms with Crippen molar-refractivity contribution in [3.8, 4) is 0 Å². The van der Waals surface area contributed by atoms with Gasteiger partial charge in [0.25, 0.3) is 15.6 Å². The predicted molar refractivity (Wildman–Crippen MR) is 125 cm³/mol. The highest BCUT2D eigenvalue weighted by Crippen LogP contribution is 2.30. The van der Waals surface area contributed by atoms with Crippen molar-refractivity contribution >= 4 is 43.3 Å². The fourth-order valence-electron chi connectivity index (χ4n) is 3.87. The molecule has 1 unspecified atom stereocenters. The molecule has 1 aromatic heterocycles. The summed E-state index contributed by atoms with van der Waals surface area (Å²) in [4.78, 5) is 26.2. The summed E-state index contributed by atoms with van der Waals surface area (Å²) in [5.41, 5.74) is -1.48. The highest BCUT2D eigenvalue weighted by atomic mass is 32.2. The van der Waals surface area contributed by atoms with Gasteiger partial charge in [0.1, 0.15) is 27.5 Å². The molecule has 2 aliphatic rings. The van der Waals surface area contributed by atoms with E-state index in [0.717, 1.165) is 18.4 Å². The Morgan fingerprint density at radius 1 is 1.26 bits per heavy atom. The first-order valence-electron chi connectivity index (χ1n) is 10.4. The zero-order valence-electron chi connectivity index (χ0n) is 18.6. The normalized spacial score (nSPS) is 20.1.